The van der Waals surface area contributed by atoms with Crippen molar-refractivity contribution >= 4 is 18.0 Å². The lowest BCUT2D eigenvalue weighted by Crippen LogP contribution is -2.58. The number of hydrogen-bond donors (Lipinski definition) is 3. The summed E-state index contributed by atoms with van der Waals surface area (Å²) in [7, 11) is 0. The summed E-state index contributed by atoms with van der Waals surface area (Å²) < 4.78 is 0. The van der Waals surface area contributed by atoms with Crippen LogP contribution in [0.15, 0.2) is 0 Å². The summed E-state index contributed by atoms with van der Waals surface area (Å²) in [5.74, 6) is 0.194. The van der Waals surface area contributed by atoms with Gasteiger partial charge in [0.25, 0.3) is 0 Å². The number of rotatable bonds is 14. The Morgan fingerprint density at radius 3 is 1.93 bits per heavy atom. The second kappa shape index (κ2) is 16.1. The first-order valence-corrected chi connectivity index (χ1v) is 11.4. The third kappa shape index (κ3) is 11.7. The average molecular weight is 413 g/mol. The average Bonchev–Trinajstić information content (AvgIpc) is 2.68. The lowest BCUT2D eigenvalue weighted by molar-refractivity contribution is -0.125. The molecule has 0 aromatic carbocycles. The first-order chi connectivity index (χ1) is 13.8. The third-order valence-corrected chi connectivity index (χ3v) is 4.93. The van der Waals surface area contributed by atoms with Crippen molar-refractivity contribution < 1.29 is 14.4 Å². The maximum Gasteiger partial charge on any atom is 0.326 e. The van der Waals surface area contributed by atoms with Crippen molar-refractivity contribution in [2.24, 2.45) is 11.8 Å². The fourth-order valence-corrected chi connectivity index (χ4v) is 2.80. The molecule has 0 aromatic rings. The van der Waals surface area contributed by atoms with Crippen LogP contribution in [0.5, 0.6) is 0 Å². The molecule has 0 heterocycles. The van der Waals surface area contributed by atoms with Crippen LogP contribution in [0.4, 0.5) is 9.59 Å². The molecule has 7 nitrogen and oxygen atoms in total. The van der Waals surface area contributed by atoms with Gasteiger partial charge in [0, 0.05) is 19.6 Å². The molecule has 0 bridgehead atoms. The SMILES string of the molecule is CCCCCNC(=O)N(C(=O)NCC(C)CC)C(CC(C)C)C(=O)NCCCC. The van der Waals surface area contributed by atoms with E-state index in [1.54, 1.807) is 0 Å². The third-order valence-electron chi connectivity index (χ3n) is 4.93. The Hall–Kier alpha value is -1.79. The van der Waals surface area contributed by atoms with Gasteiger partial charge in [0.05, 0.1) is 0 Å². The first kappa shape index (κ1) is 27.2. The molecule has 7 heteroatoms. The summed E-state index contributed by atoms with van der Waals surface area (Å²) in [5, 5.41) is 8.55. The Kier molecular flexibility index (Phi) is 15.1. The van der Waals surface area contributed by atoms with E-state index in [1.807, 2.05) is 20.8 Å². The molecule has 3 N–H and O–H groups in total. The van der Waals surface area contributed by atoms with Crippen molar-refractivity contribution in [3.63, 3.8) is 0 Å². The number of carbonyl (C=O) groups excluding carboxylic acids is 3. The molecule has 0 saturated heterocycles. The fraction of sp³-hybridized carbons (Fsp3) is 0.864. The van der Waals surface area contributed by atoms with Gasteiger partial charge in [-0.15, -0.1) is 0 Å². The summed E-state index contributed by atoms with van der Waals surface area (Å²) in [6.07, 6.45) is 6.09. The highest BCUT2D eigenvalue weighted by atomic mass is 16.2. The Labute approximate surface area is 177 Å². The smallest absolute Gasteiger partial charge is 0.326 e. The number of nitrogens with one attached hydrogen (secondary N) is 3. The van der Waals surface area contributed by atoms with Crippen molar-refractivity contribution in [2.45, 2.75) is 92.5 Å². The van der Waals surface area contributed by atoms with Crippen LogP contribution < -0.4 is 16.0 Å². The maximum absolute atomic E-state index is 12.9. The Balaban J connectivity index is 5.42. The molecule has 0 aliphatic carbocycles. The zero-order valence-corrected chi connectivity index (χ0v) is 19.5. The lowest BCUT2D eigenvalue weighted by atomic mass is 10.0. The van der Waals surface area contributed by atoms with Crippen LogP contribution in [0.2, 0.25) is 0 Å². The number of unbranched alkanes of at least 4 members (excludes halogenated alkanes) is 3. The van der Waals surface area contributed by atoms with Crippen molar-refractivity contribution in [1.82, 2.24) is 20.9 Å². The van der Waals surface area contributed by atoms with E-state index in [2.05, 4.69) is 36.7 Å². The normalized spacial score (nSPS) is 12.9. The zero-order valence-electron chi connectivity index (χ0n) is 19.5. The maximum atomic E-state index is 12.9. The molecule has 170 valence electrons. The number of nitrogens with zero attached hydrogens (tertiary/aromatic N) is 1. The molecule has 0 saturated carbocycles. The molecule has 0 rings (SSSR count). The molecule has 0 aliphatic heterocycles. The highest BCUT2D eigenvalue weighted by Crippen LogP contribution is 2.14. The van der Waals surface area contributed by atoms with Crippen molar-refractivity contribution in [3.8, 4) is 0 Å². The molecule has 2 unspecified atom stereocenters. The van der Waals surface area contributed by atoms with Gasteiger partial charge in [-0.2, -0.15) is 0 Å². The largest absolute Gasteiger partial charge is 0.354 e. The van der Waals surface area contributed by atoms with E-state index in [9.17, 15) is 14.4 Å². The van der Waals surface area contributed by atoms with Crippen molar-refractivity contribution in [2.75, 3.05) is 19.6 Å². The van der Waals surface area contributed by atoms with Crippen molar-refractivity contribution in [1.29, 1.82) is 0 Å². The molecule has 0 spiro atoms. The summed E-state index contributed by atoms with van der Waals surface area (Å²) >= 11 is 0. The van der Waals surface area contributed by atoms with Gasteiger partial charge in [-0.3, -0.25) is 4.79 Å². The van der Waals surface area contributed by atoms with Gasteiger partial charge in [0.1, 0.15) is 6.04 Å². The van der Waals surface area contributed by atoms with Crippen LogP contribution >= 0.6 is 0 Å². The van der Waals surface area contributed by atoms with E-state index in [0.29, 0.717) is 32.0 Å². The standard InChI is InChI=1S/C22H44N4O3/c1-7-10-12-14-24-21(28)26(22(29)25-16-18(6)9-3)19(15-17(4)5)20(27)23-13-11-8-2/h17-19H,7-16H2,1-6H3,(H,23,27)(H,24,28)(H,25,29). The van der Waals surface area contributed by atoms with Crippen LogP contribution in [0.25, 0.3) is 0 Å². The fourth-order valence-electron chi connectivity index (χ4n) is 2.80. The van der Waals surface area contributed by atoms with Gasteiger partial charge < -0.3 is 16.0 Å². The van der Waals surface area contributed by atoms with Gasteiger partial charge in [-0.1, -0.05) is 67.2 Å². The van der Waals surface area contributed by atoms with E-state index in [4.69, 9.17) is 0 Å². The lowest BCUT2D eigenvalue weighted by Gasteiger charge is -2.31. The molecular formula is C22H44N4O3. The summed E-state index contributed by atoms with van der Waals surface area (Å²) in [6.45, 7) is 13.7. The molecule has 0 radical (unpaired) electrons. The number of carbonyl (C=O) groups is 3. The molecule has 5 amide bonds. The van der Waals surface area contributed by atoms with Crippen LogP contribution in [0, 0.1) is 11.8 Å². The minimum atomic E-state index is -0.824. The van der Waals surface area contributed by atoms with Gasteiger partial charge in [-0.25, -0.2) is 14.5 Å². The second-order valence-corrected chi connectivity index (χ2v) is 8.30. The predicted octanol–water partition coefficient (Wildman–Crippen LogP) is 4.27. The van der Waals surface area contributed by atoms with E-state index in [1.165, 1.54) is 0 Å². The van der Waals surface area contributed by atoms with Crippen LogP contribution in [-0.4, -0.2) is 48.5 Å². The molecule has 2 atom stereocenters. The minimum absolute atomic E-state index is 0.162. The van der Waals surface area contributed by atoms with Crippen LogP contribution in [-0.2, 0) is 4.79 Å². The predicted molar refractivity (Wildman–Crippen MR) is 119 cm³/mol. The molecule has 0 fully saturated rings. The topological polar surface area (TPSA) is 90.5 Å². The van der Waals surface area contributed by atoms with E-state index in [-0.39, 0.29) is 11.8 Å². The molecule has 29 heavy (non-hydrogen) atoms. The van der Waals surface area contributed by atoms with E-state index in [0.717, 1.165) is 43.4 Å². The highest BCUT2D eigenvalue weighted by molar-refractivity contribution is 5.99. The second-order valence-electron chi connectivity index (χ2n) is 8.30. The number of hydrogen-bond acceptors (Lipinski definition) is 3. The van der Waals surface area contributed by atoms with E-state index < -0.39 is 18.1 Å². The Morgan fingerprint density at radius 2 is 1.38 bits per heavy atom. The molecular weight excluding hydrogens is 368 g/mol. The minimum Gasteiger partial charge on any atom is -0.354 e. The highest BCUT2D eigenvalue weighted by Gasteiger charge is 2.35. The van der Waals surface area contributed by atoms with E-state index >= 15 is 0 Å². The molecule has 0 aromatic heterocycles. The van der Waals surface area contributed by atoms with Gasteiger partial charge in [0.2, 0.25) is 5.91 Å². The first-order valence-electron chi connectivity index (χ1n) is 11.4. The summed E-state index contributed by atoms with van der Waals surface area (Å²) in [4.78, 5) is 39.8. The quantitative estimate of drug-likeness (QED) is 0.372. The van der Waals surface area contributed by atoms with Crippen LogP contribution in [0.1, 0.15) is 86.5 Å². The molecule has 0 aliphatic rings. The monoisotopic (exact) mass is 412 g/mol. The number of urea groups is 2. The Bertz CT molecular complexity index is 483. The number of imide groups is 1. The van der Waals surface area contributed by atoms with Crippen molar-refractivity contribution in [3.05, 3.63) is 0 Å². The summed E-state index contributed by atoms with van der Waals surface area (Å²) in [5.41, 5.74) is 0. The van der Waals surface area contributed by atoms with Gasteiger partial charge in [-0.05, 0) is 31.1 Å². The van der Waals surface area contributed by atoms with Crippen LogP contribution in [0.3, 0.4) is 0 Å². The Morgan fingerprint density at radius 1 is 0.793 bits per heavy atom. The zero-order chi connectivity index (χ0) is 22.2. The summed E-state index contributed by atoms with van der Waals surface area (Å²) in [6, 6.07) is -1.83. The number of amides is 5. The van der Waals surface area contributed by atoms with Gasteiger partial charge in [0.15, 0.2) is 0 Å². The van der Waals surface area contributed by atoms with Gasteiger partial charge >= 0.3 is 12.1 Å².